The number of halogens is 1. The summed E-state index contributed by atoms with van der Waals surface area (Å²) >= 11 is 5.98. The van der Waals surface area contributed by atoms with Gasteiger partial charge < -0.3 is 25.0 Å². The fourth-order valence-electron chi connectivity index (χ4n) is 3.31. The first-order chi connectivity index (χ1) is 16.7. The molecule has 166 valence electrons. The second-order valence-corrected chi connectivity index (χ2v) is 7.14. The molecule has 11 heteroatoms. The average molecular weight is 459 g/mol. The maximum Gasteiger partial charge on any atom is 0.273 e. The summed E-state index contributed by atoms with van der Waals surface area (Å²) in [5.41, 5.74) is 1.61. The van der Waals surface area contributed by atoms with Crippen LogP contribution in [-0.2, 0) is 4.74 Å². The maximum absolute atomic E-state index is 12.5. The van der Waals surface area contributed by atoms with Crippen molar-refractivity contribution in [3.8, 4) is 17.0 Å². The molecule has 1 aromatic carbocycles. The zero-order chi connectivity index (χ0) is 25.0. The van der Waals surface area contributed by atoms with Gasteiger partial charge in [-0.2, -0.15) is 0 Å². The third-order valence-electron chi connectivity index (χ3n) is 4.83. The molecule has 32 heavy (non-hydrogen) atoms. The quantitative estimate of drug-likeness (QED) is 0.574. The number of hydrogen-bond acceptors (Lipinski definition) is 9. The van der Waals surface area contributed by atoms with E-state index in [0.717, 1.165) is 18.9 Å². The largest absolute Gasteiger partial charge is 0.494 e. The van der Waals surface area contributed by atoms with Gasteiger partial charge in [-0.25, -0.2) is 4.98 Å². The number of aromatic nitrogens is 4. The molecule has 0 bridgehead atoms. The summed E-state index contributed by atoms with van der Waals surface area (Å²) in [7, 11) is 1.50. The van der Waals surface area contributed by atoms with Crippen LogP contribution >= 0.6 is 11.6 Å². The highest BCUT2D eigenvalue weighted by molar-refractivity contribution is 6.29. The normalized spacial score (nSPS) is 15.3. The molecular formula is C21H22ClN7O3. The van der Waals surface area contributed by atoms with Gasteiger partial charge in [-0.3, -0.25) is 9.78 Å². The molecule has 3 aromatic rings. The Labute approximate surface area is 194 Å². The standard InChI is InChI=1S/C21H22ClN7O3/c1-23-21(30)19-15(10-17(22)27-28-19)26-14-5-3-4-13(20(14)31-2)16-11-25-18(12-24-16)29-6-8-32-9-7-29/h3-5,10-12H,6-9H2,1-2H3,(H,23,30)(H,26,27)/i1D3. The highest BCUT2D eigenvalue weighted by atomic mass is 35.5. The lowest BCUT2D eigenvalue weighted by Crippen LogP contribution is -2.36. The Bertz CT molecular complexity index is 1210. The Hall–Kier alpha value is -3.50. The van der Waals surface area contributed by atoms with E-state index in [0.29, 0.717) is 35.9 Å². The molecule has 2 N–H and O–H groups in total. The summed E-state index contributed by atoms with van der Waals surface area (Å²) in [4.78, 5) is 23.7. The molecule has 1 saturated heterocycles. The summed E-state index contributed by atoms with van der Waals surface area (Å²) in [6.45, 7) is 0.0870. The molecule has 0 spiro atoms. The molecule has 0 aliphatic carbocycles. The van der Waals surface area contributed by atoms with Gasteiger partial charge in [0.05, 0.1) is 49.8 Å². The second-order valence-electron chi connectivity index (χ2n) is 6.75. The van der Waals surface area contributed by atoms with Gasteiger partial charge in [-0.05, 0) is 12.1 Å². The second kappa shape index (κ2) is 9.75. The first-order valence-corrected chi connectivity index (χ1v) is 10.1. The number of amides is 1. The molecule has 0 radical (unpaired) electrons. The van der Waals surface area contributed by atoms with Crippen molar-refractivity contribution in [3.63, 3.8) is 0 Å². The van der Waals surface area contributed by atoms with Gasteiger partial charge in [0, 0.05) is 35.8 Å². The zero-order valence-corrected chi connectivity index (χ0v) is 17.9. The maximum atomic E-state index is 12.5. The Morgan fingerprint density at radius 2 is 2.06 bits per heavy atom. The molecule has 3 heterocycles. The van der Waals surface area contributed by atoms with Gasteiger partial charge in [0.25, 0.3) is 5.91 Å². The van der Waals surface area contributed by atoms with Gasteiger partial charge in [0.1, 0.15) is 5.82 Å². The minimum Gasteiger partial charge on any atom is -0.494 e. The number of anilines is 3. The molecule has 0 unspecified atom stereocenters. The number of hydrogen-bond donors (Lipinski definition) is 2. The summed E-state index contributed by atoms with van der Waals surface area (Å²) in [6.07, 6.45) is 3.36. The Balaban J connectivity index is 1.65. The van der Waals surface area contributed by atoms with E-state index in [9.17, 15) is 4.79 Å². The molecule has 1 fully saturated rings. The molecule has 0 atom stereocenters. The molecule has 10 nitrogen and oxygen atoms in total. The number of morpholine rings is 1. The van der Waals surface area contributed by atoms with Crippen molar-refractivity contribution in [2.45, 2.75) is 0 Å². The molecule has 0 saturated carbocycles. The topological polar surface area (TPSA) is 114 Å². The van der Waals surface area contributed by atoms with E-state index in [1.165, 1.54) is 13.2 Å². The summed E-state index contributed by atoms with van der Waals surface area (Å²) < 4.78 is 32.9. The van der Waals surface area contributed by atoms with E-state index >= 15 is 0 Å². The van der Waals surface area contributed by atoms with Crippen LogP contribution in [0.2, 0.25) is 5.15 Å². The van der Waals surface area contributed by atoms with Crippen molar-refractivity contribution < 1.29 is 18.4 Å². The average Bonchev–Trinajstić information content (AvgIpc) is 2.83. The minimum absolute atomic E-state index is 0.0117. The summed E-state index contributed by atoms with van der Waals surface area (Å²) in [5.74, 6) is 0.250. The van der Waals surface area contributed by atoms with Gasteiger partial charge in [-0.1, -0.05) is 17.7 Å². The van der Waals surface area contributed by atoms with Crippen LogP contribution in [0.1, 0.15) is 14.6 Å². The molecule has 4 rings (SSSR count). The van der Waals surface area contributed by atoms with E-state index in [4.69, 9.17) is 25.2 Å². The molecule has 2 aromatic heterocycles. The van der Waals surface area contributed by atoms with E-state index in [2.05, 4.69) is 30.4 Å². The van der Waals surface area contributed by atoms with Crippen LogP contribution in [0.4, 0.5) is 17.2 Å². The smallest absolute Gasteiger partial charge is 0.273 e. The molecule has 1 amide bonds. The number of carbonyl (C=O) groups is 1. The number of ether oxygens (including phenoxy) is 2. The fourth-order valence-corrected chi connectivity index (χ4v) is 3.46. The first-order valence-electron chi connectivity index (χ1n) is 11.2. The van der Waals surface area contributed by atoms with Gasteiger partial charge in [-0.15, -0.1) is 10.2 Å². The van der Waals surface area contributed by atoms with Crippen molar-refractivity contribution in [1.29, 1.82) is 0 Å². The van der Waals surface area contributed by atoms with Crippen LogP contribution in [0.25, 0.3) is 11.3 Å². The number of carbonyl (C=O) groups excluding carboxylic acids is 1. The first kappa shape index (κ1) is 18.1. The number of rotatable bonds is 6. The van der Waals surface area contributed by atoms with Crippen LogP contribution in [0.3, 0.4) is 0 Å². The minimum atomic E-state index is -2.70. The lowest BCUT2D eigenvalue weighted by Gasteiger charge is -2.27. The summed E-state index contributed by atoms with van der Waals surface area (Å²) in [5, 5.41) is 12.4. The van der Waals surface area contributed by atoms with E-state index in [1.54, 1.807) is 24.5 Å². The van der Waals surface area contributed by atoms with Crippen molar-refractivity contribution in [2.75, 3.05) is 50.6 Å². The number of nitrogens with zero attached hydrogens (tertiary/aromatic N) is 5. The van der Waals surface area contributed by atoms with Crippen LogP contribution in [0.5, 0.6) is 5.75 Å². The van der Waals surface area contributed by atoms with Crippen LogP contribution in [0, 0.1) is 0 Å². The Morgan fingerprint density at radius 1 is 1.22 bits per heavy atom. The molecule has 1 aliphatic rings. The van der Waals surface area contributed by atoms with E-state index in [1.807, 2.05) is 11.4 Å². The third-order valence-corrected chi connectivity index (χ3v) is 5.02. The lowest BCUT2D eigenvalue weighted by atomic mass is 10.1. The Morgan fingerprint density at radius 3 is 2.78 bits per heavy atom. The highest BCUT2D eigenvalue weighted by Gasteiger charge is 2.19. The van der Waals surface area contributed by atoms with Crippen molar-refractivity contribution in [3.05, 3.63) is 47.5 Å². The molecule has 1 aliphatic heterocycles. The zero-order valence-electron chi connectivity index (χ0n) is 20.1. The van der Waals surface area contributed by atoms with Crippen LogP contribution in [-0.4, -0.2) is 66.5 Å². The third kappa shape index (κ3) is 4.56. The lowest BCUT2D eigenvalue weighted by molar-refractivity contribution is 0.0958. The number of para-hydroxylation sites is 1. The van der Waals surface area contributed by atoms with Gasteiger partial charge >= 0.3 is 0 Å². The Kier molecular flexibility index (Phi) is 5.52. The van der Waals surface area contributed by atoms with Gasteiger partial charge in [0.2, 0.25) is 0 Å². The monoisotopic (exact) mass is 458 g/mol. The van der Waals surface area contributed by atoms with Crippen molar-refractivity contribution in [1.82, 2.24) is 25.5 Å². The van der Waals surface area contributed by atoms with Crippen molar-refractivity contribution in [2.24, 2.45) is 0 Å². The van der Waals surface area contributed by atoms with Crippen LogP contribution in [0.15, 0.2) is 36.7 Å². The summed E-state index contributed by atoms with van der Waals surface area (Å²) in [6, 6.07) is 6.68. The predicted molar refractivity (Wildman–Crippen MR) is 121 cm³/mol. The van der Waals surface area contributed by atoms with E-state index < -0.39 is 12.9 Å². The van der Waals surface area contributed by atoms with Gasteiger partial charge in [0.15, 0.2) is 16.6 Å². The molecular weight excluding hydrogens is 434 g/mol. The van der Waals surface area contributed by atoms with E-state index in [-0.39, 0.29) is 16.5 Å². The number of nitrogens with one attached hydrogen (secondary N) is 2. The fraction of sp³-hybridized carbons (Fsp3) is 0.286. The predicted octanol–water partition coefficient (Wildman–Crippen LogP) is 2.54. The number of benzene rings is 1. The number of methoxy groups -OCH3 is 1. The van der Waals surface area contributed by atoms with Crippen molar-refractivity contribution >= 4 is 34.7 Å². The highest BCUT2D eigenvalue weighted by Crippen LogP contribution is 2.37. The van der Waals surface area contributed by atoms with Crippen LogP contribution < -0.4 is 20.3 Å². The SMILES string of the molecule is [2H]C([2H])([2H])NC(=O)c1nnc(Cl)cc1Nc1cccc(-c2cnc(N3CCOCC3)cn2)c1OC.